The molecule has 20 heavy (non-hydrogen) atoms. The fourth-order valence-corrected chi connectivity index (χ4v) is 2.04. The van der Waals surface area contributed by atoms with Gasteiger partial charge in [0.25, 0.3) is 0 Å². The van der Waals surface area contributed by atoms with Crippen molar-refractivity contribution < 1.29 is 9.53 Å². The molecule has 0 rings (SSSR count). The third-order valence-electron chi connectivity index (χ3n) is 3.40. The highest BCUT2D eigenvalue weighted by atomic mass is 16.5. The maximum absolute atomic E-state index is 11.3. The number of unbranched alkanes of at least 4 members (excludes halogenated alkanes) is 8. The summed E-state index contributed by atoms with van der Waals surface area (Å²) >= 11 is 0. The molecule has 0 saturated heterocycles. The molecular weight excluding hydrogens is 248 g/mol. The topological polar surface area (TPSA) is 26.3 Å². The molecule has 0 unspecified atom stereocenters. The van der Waals surface area contributed by atoms with E-state index in [1.807, 2.05) is 0 Å². The van der Waals surface area contributed by atoms with E-state index in [1.54, 1.807) is 0 Å². The predicted octanol–water partition coefficient (Wildman–Crippen LogP) is 5.81. The summed E-state index contributed by atoms with van der Waals surface area (Å²) in [5.74, 6) is -0.0391. The lowest BCUT2D eigenvalue weighted by molar-refractivity contribution is -0.143. The molecular formula is C18H34O2. The van der Waals surface area contributed by atoms with Gasteiger partial charge in [0.1, 0.15) is 0 Å². The zero-order valence-corrected chi connectivity index (χ0v) is 13.7. The molecule has 0 aromatic rings. The Kier molecular flexibility index (Phi) is 15.6. The minimum atomic E-state index is -0.0391. The molecule has 2 heteroatoms. The van der Waals surface area contributed by atoms with E-state index in [-0.39, 0.29) is 5.97 Å². The molecule has 0 aliphatic carbocycles. The molecule has 0 bridgehead atoms. The molecule has 0 saturated carbocycles. The van der Waals surface area contributed by atoms with Gasteiger partial charge in [0.2, 0.25) is 0 Å². The number of ether oxygens (including phenoxy) is 1. The molecule has 0 atom stereocenters. The Morgan fingerprint density at radius 2 is 1.40 bits per heavy atom. The Balaban J connectivity index is 3.21. The van der Waals surface area contributed by atoms with Gasteiger partial charge in [0.05, 0.1) is 6.61 Å². The van der Waals surface area contributed by atoms with Crippen molar-refractivity contribution in [3.8, 4) is 0 Å². The van der Waals surface area contributed by atoms with Gasteiger partial charge in [0.15, 0.2) is 0 Å². The van der Waals surface area contributed by atoms with Gasteiger partial charge in [-0.15, -0.1) is 0 Å². The van der Waals surface area contributed by atoms with Crippen LogP contribution in [-0.4, -0.2) is 12.6 Å². The Bertz CT molecular complexity index is 234. The third-order valence-corrected chi connectivity index (χ3v) is 3.40. The monoisotopic (exact) mass is 282 g/mol. The normalized spacial score (nSPS) is 11.1. The Hall–Kier alpha value is -0.790. The molecule has 0 spiro atoms. The minimum absolute atomic E-state index is 0.0391. The maximum Gasteiger partial charge on any atom is 0.305 e. The molecule has 118 valence electrons. The first-order chi connectivity index (χ1) is 9.81. The lowest BCUT2D eigenvalue weighted by Gasteiger charge is -2.02. The summed E-state index contributed by atoms with van der Waals surface area (Å²) < 4.78 is 5.11. The van der Waals surface area contributed by atoms with Crippen molar-refractivity contribution in [1.82, 2.24) is 0 Å². The molecule has 0 aromatic carbocycles. The quantitative estimate of drug-likeness (QED) is 0.228. The molecule has 0 aromatic heterocycles. The number of esters is 1. The van der Waals surface area contributed by atoms with Crippen LogP contribution >= 0.6 is 0 Å². The fraction of sp³-hybridized carbons (Fsp3) is 0.833. The highest BCUT2D eigenvalue weighted by molar-refractivity contribution is 5.69. The van der Waals surface area contributed by atoms with E-state index in [4.69, 9.17) is 4.74 Å². The first kappa shape index (κ1) is 19.2. The first-order valence-corrected chi connectivity index (χ1v) is 8.61. The van der Waals surface area contributed by atoms with Crippen molar-refractivity contribution in [2.24, 2.45) is 0 Å². The van der Waals surface area contributed by atoms with E-state index < -0.39 is 0 Å². The molecule has 0 aliphatic heterocycles. The largest absolute Gasteiger partial charge is 0.466 e. The van der Waals surface area contributed by atoms with Crippen LogP contribution in [-0.2, 0) is 9.53 Å². The Morgan fingerprint density at radius 3 is 2.10 bits per heavy atom. The van der Waals surface area contributed by atoms with Crippen molar-refractivity contribution in [2.75, 3.05) is 6.61 Å². The van der Waals surface area contributed by atoms with Gasteiger partial charge in [-0.3, -0.25) is 4.79 Å². The average molecular weight is 282 g/mol. The third kappa shape index (κ3) is 15.3. The fourth-order valence-electron chi connectivity index (χ4n) is 2.04. The van der Waals surface area contributed by atoms with E-state index in [9.17, 15) is 4.79 Å². The van der Waals surface area contributed by atoms with Crippen LogP contribution in [0.5, 0.6) is 0 Å². The molecule has 0 aliphatic rings. The number of carbonyl (C=O) groups is 1. The van der Waals surface area contributed by atoms with Crippen molar-refractivity contribution in [3.05, 3.63) is 12.2 Å². The van der Waals surface area contributed by atoms with Crippen LogP contribution in [0, 0.1) is 0 Å². The summed E-state index contributed by atoms with van der Waals surface area (Å²) in [6, 6.07) is 0. The molecule has 0 fully saturated rings. The van der Waals surface area contributed by atoms with Crippen LogP contribution in [0.4, 0.5) is 0 Å². The van der Waals surface area contributed by atoms with Crippen LogP contribution in [0.2, 0.25) is 0 Å². The van der Waals surface area contributed by atoms with E-state index >= 15 is 0 Å². The van der Waals surface area contributed by atoms with E-state index in [0.717, 1.165) is 25.7 Å². The van der Waals surface area contributed by atoms with Crippen molar-refractivity contribution >= 4 is 5.97 Å². The number of hydrogen-bond acceptors (Lipinski definition) is 2. The smallest absolute Gasteiger partial charge is 0.305 e. The van der Waals surface area contributed by atoms with Crippen molar-refractivity contribution in [1.29, 1.82) is 0 Å². The van der Waals surface area contributed by atoms with Gasteiger partial charge in [-0.2, -0.15) is 0 Å². The van der Waals surface area contributed by atoms with E-state index in [1.165, 1.54) is 44.9 Å². The number of allylic oxidation sites excluding steroid dienone is 2. The van der Waals surface area contributed by atoms with Crippen LogP contribution in [0.1, 0.15) is 90.9 Å². The number of carbonyl (C=O) groups excluding carboxylic acids is 1. The zero-order chi connectivity index (χ0) is 14.9. The summed E-state index contributed by atoms with van der Waals surface area (Å²) in [5.41, 5.74) is 0. The van der Waals surface area contributed by atoms with E-state index in [2.05, 4.69) is 26.0 Å². The summed E-state index contributed by atoms with van der Waals surface area (Å²) in [6.45, 7) is 4.94. The highest BCUT2D eigenvalue weighted by Gasteiger charge is 2.00. The van der Waals surface area contributed by atoms with Gasteiger partial charge in [-0.25, -0.2) is 0 Å². The number of rotatable bonds is 14. The second-order valence-electron chi connectivity index (χ2n) is 5.49. The lowest BCUT2D eigenvalue weighted by atomic mass is 10.1. The van der Waals surface area contributed by atoms with Crippen molar-refractivity contribution in [3.63, 3.8) is 0 Å². The summed E-state index contributed by atoms with van der Waals surface area (Å²) in [5, 5.41) is 0. The average Bonchev–Trinajstić information content (AvgIpc) is 2.45. The molecule has 0 N–H and O–H groups in total. The Labute approximate surface area is 126 Å². The lowest BCUT2D eigenvalue weighted by Crippen LogP contribution is -2.04. The molecule has 0 amide bonds. The van der Waals surface area contributed by atoms with Crippen LogP contribution in [0.3, 0.4) is 0 Å². The first-order valence-electron chi connectivity index (χ1n) is 8.61. The number of hydrogen-bond donors (Lipinski definition) is 0. The van der Waals surface area contributed by atoms with Gasteiger partial charge >= 0.3 is 5.97 Å². The van der Waals surface area contributed by atoms with Gasteiger partial charge in [0, 0.05) is 6.42 Å². The van der Waals surface area contributed by atoms with Gasteiger partial charge in [-0.05, 0) is 32.1 Å². The molecule has 0 radical (unpaired) electrons. The van der Waals surface area contributed by atoms with Crippen molar-refractivity contribution in [2.45, 2.75) is 90.9 Å². The SMILES string of the molecule is CCCCCCCCC=CCCCC(=O)OCCCC. The second-order valence-corrected chi connectivity index (χ2v) is 5.49. The van der Waals surface area contributed by atoms with Crippen LogP contribution < -0.4 is 0 Å². The maximum atomic E-state index is 11.3. The summed E-state index contributed by atoms with van der Waals surface area (Å²) in [7, 11) is 0. The summed E-state index contributed by atoms with van der Waals surface area (Å²) in [4.78, 5) is 11.3. The zero-order valence-electron chi connectivity index (χ0n) is 13.7. The van der Waals surface area contributed by atoms with Gasteiger partial charge in [-0.1, -0.05) is 64.5 Å². The molecule has 0 heterocycles. The minimum Gasteiger partial charge on any atom is -0.466 e. The summed E-state index contributed by atoms with van der Waals surface area (Å²) in [6.07, 6.45) is 18.3. The standard InChI is InChI=1S/C18H34O2/c1-3-5-7-8-9-10-11-12-13-14-15-16-18(19)20-17-6-4-2/h12-13H,3-11,14-17H2,1-2H3. The molecule has 2 nitrogen and oxygen atoms in total. The highest BCUT2D eigenvalue weighted by Crippen LogP contribution is 2.08. The second kappa shape index (κ2) is 16.3. The Morgan fingerprint density at radius 1 is 0.800 bits per heavy atom. The van der Waals surface area contributed by atoms with Gasteiger partial charge < -0.3 is 4.74 Å². The van der Waals surface area contributed by atoms with Crippen LogP contribution in [0.25, 0.3) is 0 Å². The van der Waals surface area contributed by atoms with Crippen LogP contribution in [0.15, 0.2) is 12.2 Å². The predicted molar refractivity (Wildman–Crippen MR) is 86.9 cm³/mol. The van der Waals surface area contributed by atoms with E-state index in [0.29, 0.717) is 13.0 Å².